The van der Waals surface area contributed by atoms with Gasteiger partial charge >= 0.3 is 0 Å². The van der Waals surface area contributed by atoms with Gasteiger partial charge in [0.15, 0.2) is 0 Å². The molecule has 21 heavy (non-hydrogen) atoms. The quantitative estimate of drug-likeness (QED) is 0.677. The molecule has 1 aromatic carbocycles. The lowest BCUT2D eigenvalue weighted by Gasteiger charge is -2.20. The van der Waals surface area contributed by atoms with E-state index in [0.29, 0.717) is 12.1 Å². The van der Waals surface area contributed by atoms with Gasteiger partial charge in [-0.25, -0.2) is 9.97 Å². The van der Waals surface area contributed by atoms with E-state index in [1.165, 1.54) is 17.9 Å². The molecule has 0 aliphatic rings. The summed E-state index contributed by atoms with van der Waals surface area (Å²) in [5.41, 5.74) is 1.74. The van der Waals surface area contributed by atoms with Crippen LogP contribution >= 0.6 is 11.5 Å². The summed E-state index contributed by atoms with van der Waals surface area (Å²) >= 11 is 1.32. The number of benzene rings is 1. The second kappa shape index (κ2) is 6.23. The van der Waals surface area contributed by atoms with Crippen molar-refractivity contribution in [3.8, 4) is 0 Å². The molecule has 0 aliphatic carbocycles. The van der Waals surface area contributed by atoms with Crippen molar-refractivity contribution in [2.24, 2.45) is 0 Å². The van der Waals surface area contributed by atoms with E-state index in [0.717, 1.165) is 22.8 Å². The summed E-state index contributed by atoms with van der Waals surface area (Å²) < 4.78 is 4.05. The van der Waals surface area contributed by atoms with E-state index in [-0.39, 0.29) is 0 Å². The molecule has 0 amide bonds. The van der Waals surface area contributed by atoms with Crippen molar-refractivity contribution in [2.45, 2.75) is 6.54 Å². The van der Waals surface area contributed by atoms with Crippen molar-refractivity contribution in [3.63, 3.8) is 0 Å². The van der Waals surface area contributed by atoms with Crippen LogP contribution in [-0.4, -0.2) is 20.6 Å². The van der Waals surface area contributed by atoms with Gasteiger partial charge < -0.3 is 0 Å². The lowest BCUT2D eigenvalue weighted by atomic mass is 10.1. The molecule has 104 valence electrons. The van der Waals surface area contributed by atoms with Gasteiger partial charge in [-0.2, -0.15) is 4.37 Å². The number of carbonyl (C=O) groups is 1. The molecular formula is C15H12N4OS. The van der Waals surface area contributed by atoms with E-state index < -0.39 is 0 Å². The van der Waals surface area contributed by atoms with Crippen molar-refractivity contribution in [1.29, 1.82) is 0 Å². The zero-order chi connectivity index (χ0) is 14.5. The molecule has 2 heterocycles. The molecule has 0 saturated carbocycles. The summed E-state index contributed by atoms with van der Waals surface area (Å²) in [7, 11) is 0. The van der Waals surface area contributed by atoms with Gasteiger partial charge in [-0.15, -0.1) is 0 Å². The maximum atomic E-state index is 10.7. The molecular weight excluding hydrogens is 284 g/mol. The largest absolute Gasteiger partial charge is 0.298 e. The Bertz CT molecular complexity index is 698. The van der Waals surface area contributed by atoms with Crippen LogP contribution in [-0.2, 0) is 6.54 Å². The molecule has 0 N–H and O–H groups in total. The van der Waals surface area contributed by atoms with Crippen LogP contribution in [0.15, 0.2) is 55.0 Å². The molecule has 3 rings (SSSR count). The molecule has 0 saturated heterocycles. The van der Waals surface area contributed by atoms with Crippen LogP contribution in [0.1, 0.15) is 15.9 Å². The topological polar surface area (TPSA) is 59.0 Å². The molecule has 0 aliphatic heterocycles. The third kappa shape index (κ3) is 3.11. The molecule has 0 bridgehead atoms. The molecule has 6 heteroatoms. The van der Waals surface area contributed by atoms with E-state index >= 15 is 0 Å². The summed E-state index contributed by atoms with van der Waals surface area (Å²) in [5.74, 6) is 0.814. The van der Waals surface area contributed by atoms with E-state index in [2.05, 4.69) is 14.3 Å². The second-order valence-corrected chi connectivity index (χ2v) is 5.12. The number of pyridine rings is 1. The summed E-state index contributed by atoms with van der Waals surface area (Å²) in [6.45, 7) is 0.616. The van der Waals surface area contributed by atoms with Gasteiger partial charge in [-0.1, -0.05) is 30.3 Å². The first-order valence-corrected chi connectivity index (χ1v) is 7.13. The van der Waals surface area contributed by atoms with Gasteiger partial charge in [0.2, 0.25) is 5.13 Å². The van der Waals surface area contributed by atoms with Crippen LogP contribution in [0, 0.1) is 0 Å². The SMILES string of the molecule is O=Cc1ccc(CN(c2ccccn2)c2ncns2)cc1. The Morgan fingerprint density at radius 1 is 1.10 bits per heavy atom. The Balaban J connectivity index is 1.90. The first kappa shape index (κ1) is 13.4. The fraction of sp³-hybridized carbons (Fsp3) is 0.0667. The Hall–Kier alpha value is -2.60. The average Bonchev–Trinajstić information content (AvgIpc) is 3.08. The van der Waals surface area contributed by atoms with Gasteiger partial charge in [0.25, 0.3) is 0 Å². The molecule has 0 spiro atoms. The van der Waals surface area contributed by atoms with Crippen molar-refractivity contribution < 1.29 is 4.79 Å². The monoisotopic (exact) mass is 296 g/mol. The third-order valence-corrected chi connectivity index (χ3v) is 3.65. The maximum Gasteiger partial charge on any atom is 0.210 e. The number of nitrogens with zero attached hydrogens (tertiary/aromatic N) is 4. The van der Waals surface area contributed by atoms with E-state index in [9.17, 15) is 4.79 Å². The molecule has 2 aromatic heterocycles. The predicted molar refractivity (Wildman–Crippen MR) is 81.8 cm³/mol. The smallest absolute Gasteiger partial charge is 0.210 e. The van der Waals surface area contributed by atoms with Gasteiger partial charge in [0, 0.05) is 23.3 Å². The van der Waals surface area contributed by atoms with Gasteiger partial charge in [0.05, 0.1) is 6.54 Å². The van der Waals surface area contributed by atoms with Crippen LogP contribution in [0.25, 0.3) is 0 Å². The summed E-state index contributed by atoms with van der Waals surface area (Å²) in [6.07, 6.45) is 4.12. The zero-order valence-electron chi connectivity index (χ0n) is 11.1. The van der Waals surface area contributed by atoms with Crippen molar-refractivity contribution in [2.75, 3.05) is 4.90 Å². The summed E-state index contributed by atoms with van der Waals surface area (Å²) in [6, 6.07) is 13.2. The van der Waals surface area contributed by atoms with Crippen LogP contribution in [0.5, 0.6) is 0 Å². The summed E-state index contributed by atoms with van der Waals surface area (Å²) in [4.78, 5) is 21.3. The molecule has 0 fully saturated rings. The van der Waals surface area contributed by atoms with Crippen LogP contribution in [0.2, 0.25) is 0 Å². The number of rotatable bonds is 5. The number of carbonyl (C=O) groups excluding carboxylic acids is 1. The highest BCUT2D eigenvalue weighted by Crippen LogP contribution is 2.26. The van der Waals surface area contributed by atoms with Gasteiger partial charge in [-0.3, -0.25) is 9.69 Å². The lowest BCUT2D eigenvalue weighted by molar-refractivity contribution is 0.112. The minimum absolute atomic E-state index is 0.616. The highest BCUT2D eigenvalue weighted by molar-refractivity contribution is 7.09. The first-order valence-electron chi connectivity index (χ1n) is 6.36. The molecule has 3 aromatic rings. The third-order valence-electron chi connectivity index (χ3n) is 2.96. The highest BCUT2D eigenvalue weighted by Gasteiger charge is 2.14. The average molecular weight is 296 g/mol. The minimum atomic E-state index is 0.616. The van der Waals surface area contributed by atoms with Crippen LogP contribution in [0.4, 0.5) is 10.9 Å². The molecule has 5 nitrogen and oxygen atoms in total. The van der Waals surface area contributed by atoms with Crippen molar-refractivity contribution in [3.05, 3.63) is 66.1 Å². The van der Waals surface area contributed by atoms with Gasteiger partial charge in [-0.05, 0) is 17.7 Å². The maximum absolute atomic E-state index is 10.7. The molecule has 0 radical (unpaired) electrons. The van der Waals surface area contributed by atoms with Crippen LogP contribution < -0.4 is 4.90 Å². The van der Waals surface area contributed by atoms with E-state index in [1.807, 2.05) is 35.2 Å². The minimum Gasteiger partial charge on any atom is -0.298 e. The van der Waals surface area contributed by atoms with E-state index in [4.69, 9.17) is 0 Å². The number of hydrogen-bond donors (Lipinski definition) is 0. The molecule has 0 atom stereocenters. The summed E-state index contributed by atoms with van der Waals surface area (Å²) in [5, 5.41) is 0.785. The van der Waals surface area contributed by atoms with Gasteiger partial charge in [0.1, 0.15) is 18.4 Å². The first-order chi connectivity index (χ1) is 10.4. The van der Waals surface area contributed by atoms with Crippen molar-refractivity contribution >= 4 is 28.8 Å². The number of hydrogen-bond acceptors (Lipinski definition) is 6. The lowest BCUT2D eigenvalue weighted by Crippen LogP contribution is -2.17. The number of aldehydes is 1. The zero-order valence-corrected chi connectivity index (χ0v) is 11.9. The number of aromatic nitrogens is 3. The van der Waals surface area contributed by atoms with E-state index in [1.54, 1.807) is 18.3 Å². The Labute approximate surface area is 126 Å². The second-order valence-electron chi connectivity index (χ2n) is 4.36. The van der Waals surface area contributed by atoms with Crippen molar-refractivity contribution in [1.82, 2.24) is 14.3 Å². The normalized spacial score (nSPS) is 10.3. The fourth-order valence-electron chi connectivity index (χ4n) is 1.93. The predicted octanol–water partition coefficient (Wildman–Crippen LogP) is 3.08. The Morgan fingerprint density at radius 2 is 1.95 bits per heavy atom. The fourth-order valence-corrected chi connectivity index (χ4v) is 2.47. The standard InChI is InChI=1S/C15H12N4OS/c20-10-13-6-4-12(5-7-13)9-19(15-17-11-18-21-15)14-3-1-2-8-16-14/h1-8,10-11H,9H2. The Kier molecular flexibility index (Phi) is 3.97. The van der Waals surface area contributed by atoms with Crippen LogP contribution in [0.3, 0.4) is 0 Å². The Morgan fingerprint density at radius 3 is 2.57 bits per heavy atom. The highest BCUT2D eigenvalue weighted by atomic mass is 32.1. The molecule has 0 unspecified atom stereocenters. The number of anilines is 2.